The molecule has 0 amide bonds. The van der Waals surface area contributed by atoms with E-state index in [0.717, 1.165) is 31.3 Å². The summed E-state index contributed by atoms with van der Waals surface area (Å²) in [4.78, 5) is 13.0. The van der Waals surface area contributed by atoms with Crippen LogP contribution in [0.2, 0.25) is 0 Å². The molecule has 0 aromatic heterocycles. The normalized spacial score (nSPS) is 42.0. The lowest BCUT2D eigenvalue weighted by Gasteiger charge is -2.65. The average molecular weight is 379 g/mol. The van der Waals surface area contributed by atoms with Crippen molar-refractivity contribution >= 4 is 5.97 Å². The minimum Gasteiger partial charge on any atom is -0.462 e. The maximum absolute atomic E-state index is 13.0. The summed E-state index contributed by atoms with van der Waals surface area (Å²) in [6, 6.07) is 0. The number of fused-ring (bicyclic) bond motifs is 3. The van der Waals surface area contributed by atoms with E-state index < -0.39 is 12.7 Å². The van der Waals surface area contributed by atoms with Gasteiger partial charge in [-0.25, -0.2) is 0 Å². The molecule has 3 rings (SSSR count). The number of carbonyl (C=O) groups excluding carboxylic acids is 1. The molecule has 3 saturated carbocycles. The van der Waals surface area contributed by atoms with Gasteiger partial charge in [0.1, 0.15) is 12.7 Å². The van der Waals surface area contributed by atoms with Gasteiger partial charge in [0.15, 0.2) is 0 Å². The fourth-order valence-corrected chi connectivity index (χ4v) is 7.38. The van der Waals surface area contributed by atoms with Gasteiger partial charge in [-0.2, -0.15) is 0 Å². The quantitative estimate of drug-likeness (QED) is 0.571. The molecule has 4 nitrogen and oxygen atoms in total. The summed E-state index contributed by atoms with van der Waals surface area (Å²) < 4.78 is 5.42. The largest absolute Gasteiger partial charge is 0.462 e. The molecule has 154 valence electrons. The van der Waals surface area contributed by atoms with Gasteiger partial charge in [-0.15, -0.1) is 0 Å². The summed E-state index contributed by atoms with van der Waals surface area (Å²) in [6.45, 7) is 13.3. The van der Waals surface area contributed by atoms with Crippen LogP contribution in [0.1, 0.15) is 72.6 Å². The Morgan fingerprint density at radius 1 is 1.15 bits per heavy atom. The number of ether oxygens (including phenoxy) is 1. The molecule has 0 radical (unpaired) electrons. The fourth-order valence-electron chi connectivity index (χ4n) is 7.38. The Morgan fingerprint density at radius 2 is 1.85 bits per heavy atom. The van der Waals surface area contributed by atoms with Crippen molar-refractivity contribution in [1.82, 2.24) is 0 Å². The van der Waals surface area contributed by atoms with Crippen LogP contribution in [0.3, 0.4) is 0 Å². The van der Waals surface area contributed by atoms with E-state index in [0.29, 0.717) is 17.3 Å². The van der Waals surface area contributed by atoms with Crippen molar-refractivity contribution in [2.75, 3.05) is 13.2 Å². The third-order valence-corrected chi connectivity index (χ3v) is 8.53. The van der Waals surface area contributed by atoms with Crippen molar-refractivity contribution in [3.8, 4) is 0 Å². The highest BCUT2D eigenvalue weighted by Gasteiger charge is 2.62. The van der Waals surface area contributed by atoms with Gasteiger partial charge in [0.25, 0.3) is 0 Å². The summed E-state index contributed by atoms with van der Waals surface area (Å²) >= 11 is 0. The first-order valence-electron chi connectivity index (χ1n) is 10.7. The Labute approximate surface area is 164 Å². The van der Waals surface area contributed by atoms with E-state index >= 15 is 0 Å². The van der Waals surface area contributed by atoms with Crippen molar-refractivity contribution in [1.29, 1.82) is 0 Å². The molecule has 2 N–H and O–H groups in total. The Hall–Kier alpha value is -0.870. The molecule has 0 unspecified atom stereocenters. The molecule has 0 heterocycles. The first-order valence-corrected chi connectivity index (χ1v) is 10.7. The third kappa shape index (κ3) is 3.37. The highest BCUT2D eigenvalue weighted by Crippen LogP contribution is 2.69. The number of aliphatic hydroxyl groups excluding tert-OH is 2. The van der Waals surface area contributed by atoms with E-state index in [2.05, 4.69) is 34.3 Å². The predicted octanol–water partition coefficient (Wildman–Crippen LogP) is 4.10. The van der Waals surface area contributed by atoms with Crippen LogP contribution in [0.4, 0.5) is 0 Å². The van der Waals surface area contributed by atoms with Gasteiger partial charge in [0, 0.05) is 0 Å². The predicted molar refractivity (Wildman–Crippen MR) is 106 cm³/mol. The maximum atomic E-state index is 13.0. The number of carbonyl (C=O) groups is 1. The molecule has 3 aliphatic rings. The lowest BCUT2D eigenvalue weighted by Crippen LogP contribution is -2.59. The van der Waals surface area contributed by atoms with Gasteiger partial charge >= 0.3 is 5.97 Å². The average Bonchev–Trinajstić information content (AvgIpc) is 2.57. The van der Waals surface area contributed by atoms with Crippen LogP contribution in [0, 0.1) is 34.0 Å². The Kier molecular flexibility index (Phi) is 5.55. The second-order valence-electron chi connectivity index (χ2n) is 10.6. The standard InChI is InChI=1S/C23H38O4/c1-15-7-8-18-22(4)11-6-10-21(2,3)17(22)9-12-23(18,5)19(15)20(26)27-14-16(25)13-24/h16-19,24-25H,1,6-14H2,2-5H3/t16-,17+,18-,19+,22+,23-/m1/s1. The molecule has 3 aliphatic carbocycles. The topological polar surface area (TPSA) is 66.8 Å². The van der Waals surface area contributed by atoms with Gasteiger partial charge in [-0.1, -0.05) is 46.3 Å². The Morgan fingerprint density at radius 3 is 2.52 bits per heavy atom. The minimum atomic E-state index is -1.01. The molecule has 0 aromatic carbocycles. The summed E-state index contributed by atoms with van der Waals surface area (Å²) in [5.74, 6) is 0.631. The lowest BCUT2D eigenvalue weighted by molar-refractivity contribution is -0.178. The van der Waals surface area contributed by atoms with E-state index in [1.54, 1.807) is 0 Å². The molecule has 27 heavy (non-hydrogen) atoms. The lowest BCUT2D eigenvalue weighted by atomic mass is 9.39. The Balaban J connectivity index is 1.88. The molecule has 4 heteroatoms. The van der Waals surface area contributed by atoms with Crippen LogP contribution in [-0.2, 0) is 9.53 Å². The van der Waals surface area contributed by atoms with E-state index in [1.165, 1.54) is 19.3 Å². The zero-order valence-electron chi connectivity index (χ0n) is 17.6. The second kappa shape index (κ2) is 7.18. The fraction of sp³-hybridized carbons (Fsp3) is 0.870. The van der Waals surface area contributed by atoms with Gasteiger partial charge < -0.3 is 14.9 Å². The molecular formula is C23H38O4. The number of hydrogen-bond acceptors (Lipinski definition) is 4. The van der Waals surface area contributed by atoms with E-state index in [9.17, 15) is 9.90 Å². The zero-order chi connectivity index (χ0) is 20.0. The van der Waals surface area contributed by atoms with Crippen molar-refractivity contribution < 1.29 is 19.7 Å². The van der Waals surface area contributed by atoms with Crippen molar-refractivity contribution in [3.05, 3.63) is 12.2 Å². The van der Waals surface area contributed by atoms with Gasteiger partial charge in [-0.3, -0.25) is 4.79 Å². The molecule has 0 saturated heterocycles. The second-order valence-corrected chi connectivity index (χ2v) is 10.6. The first-order chi connectivity index (χ1) is 12.6. The summed E-state index contributed by atoms with van der Waals surface area (Å²) in [5.41, 5.74) is 1.48. The van der Waals surface area contributed by atoms with Crippen LogP contribution < -0.4 is 0 Å². The van der Waals surface area contributed by atoms with Crippen molar-refractivity contribution in [3.63, 3.8) is 0 Å². The van der Waals surface area contributed by atoms with E-state index in [4.69, 9.17) is 9.84 Å². The monoisotopic (exact) mass is 378 g/mol. The third-order valence-electron chi connectivity index (χ3n) is 8.53. The van der Waals surface area contributed by atoms with E-state index in [-0.39, 0.29) is 29.3 Å². The number of hydrogen-bond donors (Lipinski definition) is 2. The van der Waals surface area contributed by atoms with Crippen LogP contribution in [0.5, 0.6) is 0 Å². The van der Waals surface area contributed by atoms with Gasteiger partial charge in [0.2, 0.25) is 0 Å². The highest BCUT2D eigenvalue weighted by atomic mass is 16.5. The van der Waals surface area contributed by atoms with Gasteiger partial charge in [-0.05, 0) is 66.6 Å². The molecule has 3 fully saturated rings. The molecule has 0 spiro atoms. The maximum Gasteiger partial charge on any atom is 0.313 e. The van der Waals surface area contributed by atoms with E-state index in [1.807, 2.05) is 0 Å². The minimum absolute atomic E-state index is 0.130. The number of rotatable bonds is 4. The zero-order valence-corrected chi connectivity index (χ0v) is 17.6. The summed E-state index contributed by atoms with van der Waals surface area (Å²) in [6.07, 6.45) is 6.99. The van der Waals surface area contributed by atoms with Crippen molar-refractivity contribution in [2.45, 2.75) is 78.7 Å². The molecule has 0 aliphatic heterocycles. The van der Waals surface area contributed by atoms with Crippen LogP contribution >= 0.6 is 0 Å². The molecule has 6 atom stereocenters. The number of esters is 1. The van der Waals surface area contributed by atoms with Gasteiger partial charge in [0.05, 0.1) is 12.5 Å². The molecule has 0 aromatic rings. The summed E-state index contributed by atoms with van der Waals surface area (Å²) in [5, 5.41) is 18.6. The van der Waals surface area contributed by atoms with Crippen molar-refractivity contribution in [2.24, 2.45) is 34.0 Å². The number of aliphatic hydroxyl groups is 2. The van der Waals surface area contributed by atoms with Crippen LogP contribution in [0.15, 0.2) is 12.2 Å². The SMILES string of the molecule is C=C1CC[C@H]2[C@@](C)(CC[C@H]3C(C)(C)CCC[C@]23C)[C@@H]1C(=O)OC[C@H](O)CO. The summed E-state index contributed by atoms with van der Waals surface area (Å²) in [7, 11) is 0. The molecule has 0 bridgehead atoms. The van der Waals surface area contributed by atoms with Crippen LogP contribution in [-0.4, -0.2) is 35.5 Å². The molecular weight excluding hydrogens is 340 g/mol. The highest BCUT2D eigenvalue weighted by molar-refractivity contribution is 5.77. The Bertz CT molecular complexity index is 597. The first kappa shape index (κ1) is 20.9. The van der Waals surface area contributed by atoms with Crippen LogP contribution in [0.25, 0.3) is 0 Å². The smallest absolute Gasteiger partial charge is 0.313 e.